The lowest BCUT2D eigenvalue weighted by Gasteiger charge is -2.18. The van der Waals surface area contributed by atoms with Crippen molar-refractivity contribution in [3.05, 3.63) is 24.3 Å². The van der Waals surface area contributed by atoms with E-state index in [1.807, 2.05) is 36.0 Å². The Morgan fingerprint density at radius 3 is 2.59 bits per heavy atom. The number of hydrogen-bond acceptors (Lipinski definition) is 4. The first-order valence-electron chi connectivity index (χ1n) is 5.98. The quantitative estimate of drug-likeness (QED) is 0.700. The first kappa shape index (κ1) is 14.2. The van der Waals surface area contributed by atoms with Gasteiger partial charge >= 0.3 is 0 Å². The van der Waals surface area contributed by atoms with Crippen LogP contribution in [0.4, 0.5) is 5.69 Å². The topological polar surface area (TPSA) is 47.3 Å². The largest absolute Gasteiger partial charge is 0.497 e. The van der Waals surface area contributed by atoms with Gasteiger partial charge in [-0.2, -0.15) is 11.8 Å². The highest BCUT2D eigenvalue weighted by atomic mass is 32.2. The number of ether oxygens (including phenoxy) is 1. The van der Waals surface area contributed by atoms with Gasteiger partial charge in [0.1, 0.15) is 5.75 Å². The fraction of sp³-hybridized carbons (Fsp3) is 0.538. The summed E-state index contributed by atoms with van der Waals surface area (Å²) in [6, 6.07) is 8.30. The van der Waals surface area contributed by atoms with Gasteiger partial charge in [0.25, 0.3) is 0 Å². The molecule has 1 aromatic carbocycles. The van der Waals surface area contributed by atoms with Crippen LogP contribution in [-0.2, 0) is 0 Å². The van der Waals surface area contributed by atoms with Crippen molar-refractivity contribution in [2.75, 3.05) is 30.5 Å². The summed E-state index contributed by atoms with van der Waals surface area (Å²) < 4.78 is 5.12. The fourth-order valence-corrected chi connectivity index (χ4v) is 2.28. The summed E-state index contributed by atoms with van der Waals surface area (Å²) in [5.41, 5.74) is 6.86. The molecule has 0 bridgehead atoms. The number of anilines is 1. The van der Waals surface area contributed by atoms with Crippen molar-refractivity contribution in [1.29, 1.82) is 0 Å². The zero-order valence-corrected chi connectivity index (χ0v) is 11.4. The zero-order valence-electron chi connectivity index (χ0n) is 10.6. The summed E-state index contributed by atoms with van der Waals surface area (Å²) >= 11 is 1.95. The summed E-state index contributed by atoms with van der Waals surface area (Å²) in [6.45, 7) is 2.84. The van der Waals surface area contributed by atoms with Gasteiger partial charge in [-0.05, 0) is 42.2 Å². The van der Waals surface area contributed by atoms with Crippen LogP contribution in [0, 0.1) is 0 Å². The standard InChI is InChI=1S/C13H22N2OS/c1-3-17-9-8-12(10-14)15-11-4-6-13(16-2)7-5-11/h4-7,12,15H,3,8-10,14H2,1-2H3. The van der Waals surface area contributed by atoms with Crippen LogP contribution in [0.5, 0.6) is 5.75 Å². The number of nitrogens with one attached hydrogen (secondary N) is 1. The summed E-state index contributed by atoms with van der Waals surface area (Å²) in [6.07, 6.45) is 1.10. The Bertz CT molecular complexity index is 303. The molecule has 0 heterocycles. The first-order valence-corrected chi connectivity index (χ1v) is 7.14. The maximum atomic E-state index is 5.76. The first-order chi connectivity index (χ1) is 8.30. The van der Waals surface area contributed by atoms with Gasteiger partial charge in [0.15, 0.2) is 0 Å². The Morgan fingerprint density at radius 2 is 2.06 bits per heavy atom. The Kier molecular flexibility index (Phi) is 6.89. The number of benzene rings is 1. The smallest absolute Gasteiger partial charge is 0.119 e. The van der Waals surface area contributed by atoms with Crippen molar-refractivity contribution >= 4 is 17.4 Å². The van der Waals surface area contributed by atoms with Crippen molar-refractivity contribution in [1.82, 2.24) is 0 Å². The van der Waals surface area contributed by atoms with Crippen LogP contribution in [0.15, 0.2) is 24.3 Å². The van der Waals surface area contributed by atoms with Crippen LogP contribution in [0.25, 0.3) is 0 Å². The van der Waals surface area contributed by atoms with E-state index < -0.39 is 0 Å². The SMILES string of the molecule is CCSCCC(CN)Nc1ccc(OC)cc1. The molecule has 0 aliphatic carbocycles. The number of methoxy groups -OCH3 is 1. The minimum absolute atomic E-state index is 0.349. The predicted molar refractivity (Wildman–Crippen MR) is 77.1 cm³/mol. The predicted octanol–water partition coefficient (Wildman–Crippen LogP) is 2.58. The lowest BCUT2D eigenvalue weighted by atomic mass is 10.2. The molecule has 1 aromatic rings. The lowest BCUT2D eigenvalue weighted by Crippen LogP contribution is -2.29. The highest BCUT2D eigenvalue weighted by Crippen LogP contribution is 2.16. The van der Waals surface area contributed by atoms with Crippen molar-refractivity contribution in [3.63, 3.8) is 0 Å². The van der Waals surface area contributed by atoms with Gasteiger partial charge in [0.05, 0.1) is 7.11 Å². The van der Waals surface area contributed by atoms with Gasteiger partial charge in [-0.25, -0.2) is 0 Å². The molecule has 0 radical (unpaired) electrons. The second kappa shape index (κ2) is 8.25. The minimum atomic E-state index is 0.349. The van der Waals surface area contributed by atoms with Gasteiger partial charge in [-0.15, -0.1) is 0 Å². The molecule has 3 N–H and O–H groups in total. The summed E-state index contributed by atoms with van der Waals surface area (Å²) in [4.78, 5) is 0. The molecule has 0 aromatic heterocycles. The molecule has 96 valence electrons. The fourth-order valence-electron chi connectivity index (χ4n) is 1.54. The third kappa shape index (κ3) is 5.33. The van der Waals surface area contributed by atoms with E-state index in [2.05, 4.69) is 12.2 Å². The highest BCUT2D eigenvalue weighted by molar-refractivity contribution is 7.99. The van der Waals surface area contributed by atoms with Crippen LogP contribution in [0.3, 0.4) is 0 Å². The molecular formula is C13H22N2OS. The maximum Gasteiger partial charge on any atom is 0.119 e. The van der Waals surface area contributed by atoms with E-state index in [1.54, 1.807) is 7.11 Å². The molecule has 0 saturated heterocycles. The summed E-state index contributed by atoms with van der Waals surface area (Å²) in [7, 11) is 1.67. The van der Waals surface area contributed by atoms with Gasteiger partial charge in [0.2, 0.25) is 0 Å². The monoisotopic (exact) mass is 254 g/mol. The second-order valence-electron chi connectivity index (χ2n) is 3.79. The molecular weight excluding hydrogens is 232 g/mol. The zero-order chi connectivity index (χ0) is 12.5. The van der Waals surface area contributed by atoms with Gasteiger partial charge in [0, 0.05) is 18.3 Å². The molecule has 1 unspecified atom stereocenters. The van der Waals surface area contributed by atoms with Crippen LogP contribution in [-0.4, -0.2) is 31.2 Å². The van der Waals surface area contributed by atoms with Gasteiger partial charge in [-0.3, -0.25) is 0 Å². The van der Waals surface area contributed by atoms with Crippen LogP contribution < -0.4 is 15.8 Å². The Balaban J connectivity index is 2.43. The molecule has 0 saturated carbocycles. The van der Waals surface area contributed by atoms with Crippen molar-refractivity contribution < 1.29 is 4.74 Å². The molecule has 4 heteroatoms. The van der Waals surface area contributed by atoms with E-state index in [0.29, 0.717) is 12.6 Å². The van der Waals surface area contributed by atoms with Crippen molar-refractivity contribution in [3.8, 4) is 5.75 Å². The third-order valence-corrected chi connectivity index (χ3v) is 3.49. The van der Waals surface area contributed by atoms with Crippen LogP contribution >= 0.6 is 11.8 Å². The van der Waals surface area contributed by atoms with Crippen molar-refractivity contribution in [2.45, 2.75) is 19.4 Å². The molecule has 1 atom stereocenters. The van der Waals surface area contributed by atoms with E-state index in [9.17, 15) is 0 Å². The van der Waals surface area contributed by atoms with E-state index in [1.165, 1.54) is 5.75 Å². The van der Waals surface area contributed by atoms with E-state index in [0.717, 1.165) is 23.6 Å². The third-order valence-electron chi connectivity index (χ3n) is 2.56. The highest BCUT2D eigenvalue weighted by Gasteiger charge is 2.05. The molecule has 0 fully saturated rings. The molecule has 0 amide bonds. The summed E-state index contributed by atoms with van der Waals surface area (Å²) in [5.74, 6) is 3.20. The van der Waals surface area contributed by atoms with Gasteiger partial charge < -0.3 is 15.8 Å². The number of thioether (sulfide) groups is 1. The van der Waals surface area contributed by atoms with Gasteiger partial charge in [-0.1, -0.05) is 6.92 Å². The molecule has 0 aliphatic heterocycles. The Labute approximate surface area is 108 Å². The number of rotatable bonds is 8. The van der Waals surface area contributed by atoms with Crippen LogP contribution in [0.1, 0.15) is 13.3 Å². The Morgan fingerprint density at radius 1 is 1.35 bits per heavy atom. The van der Waals surface area contributed by atoms with Crippen LogP contribution in [0.2, 0.25) is 0 Å². The lowest BCUT2D eigenvalue weighted by molar-refractivity contribution is 0.415. The molecule has 1 rings (SSSR count). The number of hydrogen-bond donors (Lipinski definition) is 2. The molecule has 0 spiro atoms. The van der Waals surface area contributed by atoms with Crippen molar-refractivity contribution in [2.24, 2.45) is 5.73 Å². The average Bonchev–Trinajstić information content (AvgIpc) is 2.38. The van der Waals surface area contributed by atoms with E-state index >= 15 is 0 Å². The normalized spacial score (nSPS) is 12.2. The Hall–Kier alpha value is -0.870. The maximum absolute atomic E-state index is 5.76. The molecule has 17 heavy (non-hydrogen) atoms. The minimum Gasteiger partial charge on any atom is -0.497 e. The second-order valence-corrected chi connectivity index (χ2v) is 5.18. The average molecular weight is 254 g/mol. The van der Waals surface area contributed by atoms with E-state index in [4.69, 9.17) is 10.5 Å². The summed E-state index contributed by atoms with van der Waals surface area (Å²) in [5, 5.41) is 3.44. The number of nitrogens with two attached hydrogens (primary N) is 1. The van der Waals surface area contributed by atoms with E-state index in [-0.39, 0.29) is 0 Å². The molecule has 0 aliphatic rings. The molecule has 3 nitrogen and oxygen atoms in total.